The van der Waals surface area contributed by atoms with Gasteiger partial charge in [-0.05, 0) is 36.6 Å². The SMILES string of the molecule is CCC(=O)N(Cc1cc(N)ccc1N(C)C)C[C@@H]1CCCO1. The molecule has 1 aromatic carbocycles. The summed E-state index contributed by atoms with van der Waals surface area (Å²) in [6, 6.07) is 5.86. The Bertz CT molecular complexity index is 511. The number of nitrogens with two attached hydrogens (primary N) is 1. The number of hydrogen-bond donors (Lipinski definition) is 1. The zero-order valence-corrected chi connectivity index (χ0v) is 13.8. The van der Waals surface area contributed by atoms with Crippen LogP contribution in [-0.2, 0) is 16.1 Å². The highest BCUT2D eigenvalue weighted by Gasteiger charge is 2.22. The Morgan fingerprint density at radius 3 is 2.77 bits per heavy atom. The van der Waals surface area contributed by atoms with Crippen LogP contribution in [0.3, 0.4) is 0 Å². The lowest BCUT2D eigenvalue weighted by Gasteiger charge is -2.27. The van der Waals surface area contributed by atoms with Crippen LogP contribution in [0.25, 0.3) is 0 Å². The largest absolute Gasteiger partial charge is 0.399 e. The summed E-state index contributed by atoms with van der Waals surface area (Å²) in [5.74, 6) is 0.155. The second kappa shape index (κ2) is 7.49. The first-order chi connectivity index (χ1) is 10.5. The van der Waals surface area contributed by atoms with Gasteiger partial charge in [-0.25, -0.2) is 0 Å². The molecule has 1 aliphatic rings. The standard InChI is InChI=1S/C17H27N3O2/c1-4-17(21)20(12-15-6-5-9-22-15)11-13-10-14(18)7-8-16(13)19(2)3/h7-8,10,15H,4-6,9,11-12,18H2,1-3H3/t15-/m0/s1. The Balaban J connectivity index is 2.18. The molecule has 1 aliphatic heterocycles. The van der Waals surface area contributed by atoms with Crippen LogP contribution in [0.15, 0.2) is 18.2 Å². The fourth-order valence-electron chi connectivity index (χ4n) is 2.89. The van der Waals surface area contributed by atoms with Gasteiger partial charge in [-0.1, -0.05) is 6.92 Å². The number of nitrogens with zero attached hydrogens (tertiary/aromatic N) is 2. The smallest absolute Gasteiger partial charge is 0.222 e. The van der Waals surface area contributed by atoms with Gasteiger partial charge in [0, 0.05) is 51.6 Å². The van der Waals surface area contributed by atoms with Crippen molar-refractivity contribution in [3.05, 3.63) is 23.8 Å². The molecule has 0 radical (unpaired) electrons. The molecule has 0 unspecified atom stereocenters. The third kappa shape index (κ3) is 4.13. The van der Waals surface area contributed by atoms with E-state index in [-0.39, 0.29) is 12.0 Å². The van der Waals surface area contributed by atoms with Crippen molar-refractivity contribution in [2.75, 3.05) is 37.9 Å². The van der Waals surface area contributed by atoms with E-state index in [1.807, 2.05) is 44.1 Å². The minimum absolute atomic E-state index is 0.155. The van der Waals surface area contributed by atoms with E-state index < -0.39 is 0 Å². The second-order valence-corrected chi connectivity index (χ2v) is 6.05. The average molecular weight is 305 g/mol. The number of ether oxygens (including phenoxy) is 1. The maximum atomic E-state index is 12.3. The van der Waals surface area contributed by atoms with Gasteiger partial charge in [0.1, 0.15) is 0 Å². The van der Waals surface area contributed by atoms with Gasteiger partial charge in [-0.15, -0.1) is 0 Å². The molecule has 0 bridgehead atoms. The predicted molar refractivity (Wildman–Crippen MR) is 89.9 cm³/mol. The molecule has 1 saturated heterocycles. The number of carbonyl (C=O) groups excluding carboxylic acids is 1. The van der Waals surface area contributed by atoms with E-state index in [1.54, 1.807) is 0 Å². The molecule has 0 spiro atoms. The minimum Gasteiger partial charge on any atom is -0.399 e. The molecule has 0 aliphatic carbocycles. The Kier molecular flexibility index (Phi) is 5.66. The van der Waals surface area contributed by atoms with E-state index in [0.717, 1.165) is 36.4 Å². The summed E-state index contributed by atoms with van der Waals surface area (Å²) < 4.78 is 5.69. The molecule has 2 rings (SSSR count). The quantitative estimate of drug-likeness (QED) is 0.819. The molecule has 1 amide bonds. The summed E-state index contributed by atoms with van der Waals surface area (Å²) >= 11 is 0. The molecular formula is C17H27N3O2. The lowest BCUT2D eigenvalue weighted by atomic mass is 10.1. The fourth-order valence-corrected chi connectivity index (χ4v) is 2.89. The second-order valence-electron chi connectivity index (χ2n) is 6.05. The van der Waals surface area contributed by atoms with Crippen LogP contribution in [0.5, 0.6) is 0 Å². The van der Waals surface area contributed by atoms with E-state index in [0.29, 0.717) is 19.5 Å². The first kappa shape index (κ1) is 16.6. The van der Waals surface area contributed by atoms with Crippen LogP contribution in [0.2, 0.25) is 0 Å². The number of amides is 1. The molecule has 1 fully saturated rings. The fraction of sp³-hybridized carbons (Fsp3) is 0.588. The van der Waals surface area contributed by atoms with E-state index in [2.05, 4.69) is 4.90 Å². The topological polar surface area (TPSA) is 58.8 Å². The lowest BCUT2D eigenvalue weighted by Crippen LogP contribution is -2.36. The molecule has 22 heavy (non-hydrogen) atoms. The molecule has 0 saturated carbocycles. The zero-order valence-electron chi connectivity index (χ0n) is 13.8. The molecule has 2 N–H and O–H groups in total. The van der Waals surface area contributed by atoms with E-state index in [1.165, 1.54) is 0 Å². The van der Waals surface area contributed by atoms with Crippen molar-refractivity contribution in [3.8, 4) is 0 Å². The van der Waals surface area contributed by atoms with Crippen LogP contribution in [-0.4, -0.2) is 44.2 Å². The Hall–Kier alpha value is -1.75. The molecule has 122 valence electrons. The first-order valence-corrected chi connectivity index (χ1v) is 7.96. The zero-order chi connectivity index (χ0) is 16.1. The number of nitrogen functional groups attached to an aromatic ring is 1. The number of benzene rings is 1. The highest BCUT2D eigenvalue weighted by Crippen LogP contribution is 2.24. The highest BCUT2D eigenvalue weighted by molar-refractivity contribution is 5.76. The minimum atomic E-state index is 0.155. The summed E-state index contributed by atoms with van der Waals surface area (Å²) in [5, 5.41) is 0. The van der Waals surface area contributed by atoms with Gasteiger partial charge in [0.05, 0.1) is 6.10 Å². The molecule has 1 heterocycles. The lowest BCUT2D eigenvalue weighted by molar-refractivity contribution is -0.133. The molecule has 0 aromatic heterocycles. The molecular weight excluding hydrogens is 278 g/mol. The van der Waals surface area contributed by atoms with Crippen LogP contribution < -0.4 is 10.6 Å². The molecule has 5 heteroatoms. The van der Waals surface area contributed by atoms with Gasteiger partial charge in [-0.2, -0.15) is 0 Å². The number of anilines is 2. The monoisotopic (exact) mass is 305 g/mol. The van der Waals surface area contributed by atoms with E-state index >= 15 is 0 Å². The maximum Gasteiger partial charge on any atom is 0.222 e. The van der Waals surface area contributed by atoms with Crippen molar-refractivity contribution in [2.24, 2.45) is 0 Å². The van der Waals surface area contributed by atoms with Crippen molar-refractivity contribution in [3.63, 3.8) is 0 Å². The van der Waals surface area contributed by atoms with Crippen molar-refractivity contribution in [1.29, 1.82) is 0 Å². The van der Waals surface area contributed by atoms with Gasteiger partial charge in [0.25, 0.3) is 0 Å². The number of rotatable bonds is 6. The van der Waals surface area contributed by atoms with E-state index in [4.69, 9.17) is 10.5 Å². The third-order valence-corrected chi connectivity index (χ3v) is 4.05. The van der Waals surface area contributed by atoms with Crippen molar-refractivity contribution < 1.29 is 9.53 Å². The van der Waals surface area contributed by atoms with Crippen molar-refractivity contribution in [1.82, 2.24) is 4.90 Å². The van der Waals surface area contributed by atoms with Crippen molar-refractivity contribution >= 4 is 17.3 Å². The summed E-state index contributed by atoms with van der Waals surface area (Å²) in [4.78, 5) is 16.2. The summed E-state index contributed by atoms with van der Waals surface area (Å²) in [7, 11) is 4.00. The van der Waals surface area contributed by atoms with Crippen LogP contribution in [0, 0.1) is 0 Å². The van der Waals surface area contributed by atoms with Crippen LogP contribution in [0.4, 0.5) is 11.4 Å². The maximum absolute atomic E-state index is 12.3. The van der Waals surface area contributed by atoms with Gasteiger partial charge in [0.15, 0.2) is 0 Å². The van der Waals surface area contributed by atoms with Crippen LogP contribution >= 0.6 is 0 Å². The van der Waals surface area contributed by atoms with Crippen molar-refractivity contribution in [2.45, 2.75) is 38.8 Å². The van der Waals surface area contributed by atoms with Gasteiger partial charge in [0.2, 0.25) is 5.91 Å². The summed E-state index contributed by atoms with van der Waals surface area (Å²) in [5.41, 5.74) is 8.82. The average Bonchev–Trinajstić information content (AvgIpc) is 2.98. The number of hydrogen-bond acceptors (Lipinski definition) is 4. The number of carbonyl (C=O) groups is 1. The first-order valence-electron chi connectivity index (χ1n) is 7.96. The van der Waals surface area contributed by atoms with Gasteiger partial charge in [-0.3, -0.25) is 4.79 Å². The molecule has 1 aromatic rings. The van der Waals surface area contributed by atoms with Gasteiger partial charge >= 0.3 is 0 Å². The van der Waals surface area contributed by atoms with Gasteiger partial charge < -0.3 is 20.3 Å². The Morgan fingerprint density at radius 2 is 2.18 bits per heavy atom. The summed E-state index contributed by atoms with van der Waals surface area (Å²) in [6.07, 6.45) is 2.79. The normalized spacial score (nSPS) is 17.5. The highest BCUT2D eigenvalue weighted by atomic mass is 16.5. The van der Waals surface area contributed by atoms with E-state index in [9.17, 15) is 4.79 Å². The predicted octanol–water partition coefficient (Wildman–Crippen LogP) is 2.25. The molecule has 5 nitrogen and oxygen atoms in total. The third-order valence-electron chi connectivity index (χ3n) is 4.05. The Labute approximate surface area is 133 Å². The van der Waals surface area contributed by atoms with Crippen LogP contribution in [0.1, 0.15) is 31.7 Å². The summed E-state index contributed by atoms with van der Waals surface area (Å²) in [6.45, 7) is 3.94. The molecule has 1 atom stereocenters. The Morgan fingerprint density at radius 1 is 1.41 bits per heavy atom.